The predicted molar refractivity (Wildman–Crippen MR) is 230 cm³/mol. The van der Waals surface area contributed by atoms with E-state index >= 15 is 0 Å². The molecule has 0 aromatic rings. The van der Waals surface area contributed by atoms with Crippen molar-refractivity contribution in [1.82, 2.24) is 0 Å². The summed E-state index contributed by atoms with van der Waals surface area (Å²) in [5.41, 5.74) is -0.706. The Morgan fingerprint density at radius 1 is 0.373 bits per heavy atom. The van der Waals surface area contributed by atoms with E-state index in [0.717, 1.165) is 74.8 Å². The number of aliphatic hydroxyl groups is 1. The third kappa shape index (κ3) is 22.0. The molecule has 0 aliphatic carbocycles. The Bertz CT molecular complexity index is 886. The second kappa shape index (κ2) is 21.7. The number of rotatable bonds is 30. The van der Waals surface area contributed by atoms with Crippen LogP contribution in [0.1, 0.15) is 45.4 Å². The molecular weight excluding hydrogens is 785 g/mol. The summed E-state index contributed by atoms with van der Waals surface area (Å²) in [5.74, 6) is 0. The SMILES string of the molecule is CO[Si](CCC[Si](C)(C)O[Si](C)(C)O[Si](C)(C)CCCC(C)(O)CCC[Si](C)(C)O[Si](C)(C)O[Si](C)(C)CCC[Si](OC)(OC)OC)(OC)OC. The lowest BCUT2D eigenvalue weighted by molar-refractivity contribution is 0.0401. The molecule has 308 valence electrons. The smallest absolute Gasteiger partial charge is 0.437 e. The summed E-state index contributed by atoms with van der Waals surface area (Å²) in [4.78, 5) is 0. The van der Waals surface area contributed by atoms with Crippen molar-refractivity contribution in [3.8, 4) is 0 Å². The van der Waals surface area contributed by atoms with Crippen LogP contribution in [0.4, 0.5) is 0 Å². The van der Waals surface area contributed by atoms with E-state index in [1.807, 2.05) is 6.92 Å². The van der Waals surface area contributed by atoms with Gasteiger partial charge in [-0.1, -0.05) is 12.8 Å². The van der Waals surface area contributed by atoms with Gasteiger partial charge in [0.2, 0.25) is 0 Å². The second-order valence-electron chi connectivity index (χ2n) is 17.7. The lowest BCUT2D eigenvalue weighted by Gasteiger charge is -2.39. The first-order chi connectivity index (χ1) is 23.0. The maximum absolute atomic E-state index is 11.3. The minimum absolute atomic E-state index is 0.706. The average Bonchev–Trinajstić information content (AvgIpc) is 2.95. The molecule has 0 rings (SSSR count). The molecule has 11 nitrogen and oxygen atoms in total. The van der Waals surface area contributed by atoms with E-state index in [4.69, 9.17) is 43.0 Å². The Labute approximate surface area is 323 Å². The van der Waals surface area contributed by atoms with Gasteiger partial charge in [-0.25, -0.2) is 0 Å². The molecule has 0 aliphatic heterocycles. The van der Waals surface area contributed by atoms with Gasteiger partial charge in [0.05, 0.1) is 5.60 Å². The lowest BCUT2D eigenvalue weighted by atomic mass is 9.95. The van der Waals surface area contributed by atoms with Crippen molar-refractivity contribution in [2.75, 3.05) is 42.7 Å². The molecule has 0 aromatic carbocycles. The monoisotopic (exact) mass is 866 g/mol. The third-order valence-electron chi connectivity index (χ3n) is 9.47. The summed E-state index contributed by atoms with van der Waals surface area (Å²) in [6.07, 6.45) is 5.33. The molecule has 0 bridgehead atoms. The number of hydrogen-bond donors (Lipinski definition) is 1. The van der Waals surface area contributed by atoms with E-state index in [0.29, 0.717) is 0 Å². The van der Waals surface area contributed by atoms with Gasteiger partial charge in [0.15, 0.2) is 33.3 Å². The van der Waals surface area contributed by atoms with Gasteiger partial charge in [-0.3, -0.25) is 0 Å². The van der Waals surface area contributed by atoms with Gasteiger partial charge in [-0.2, -0.15) is 0 Å². The summed E-state index contributed by atoms with van der Waals surface area (Å²) in [6.45, 7) is 29.0. The fourth-order valence-electron chi connectivity index (χ4n) is 7.40. The molecule has 19 heteroatoms. The van der Waals surface area contributed by atoms with Gasteiger partial charge in [0, 0.05) is 54.7 Å². The highest BCUT2D eigenvalue weighted by Gasteiger charge is 2.43. The highest BCUT2D eigenvalue weighted by molar-refractivity contribution is 6.88. The van der Waals surface area contributed by atoms with Crippen LogP contribution in [0, 0.1) is 0 Å². The highest BCUT2D eigenvalue weighted by atomic mass is 28.5. The fourth-order valence-corrected chi connectivity index (χ4v) is 39.7. The van der Waals surface area contributed by atoms with Crippen molar-refractivity contribution in [2.45, 2.75) is 166 Å². The van der Waals surface area contributed by atoms with Crippen LogP contribution >= 0.6 is 0 Å². The van der Waals surface area contributed by atoms with Crippen molar-refractivity contribution < 1.29 is 48.1 Å². The van der Waals surface area contributed by atoms with Crippen LogP contribution in [0.25, 0.3) is 0 Å². The minimum Gasteiger partial charge on any atom is -0.437 e. The van der Waals surface area contributed by atoms with Gasteiger partial charge < -0.3 is 48.1 Å². The van der Waals surface area contributed by atoms with E-state index in [-0.39, 0.29) is 0 Å². The molecule has 0 heterocycles. The van der Waals surface area contributed by atoms with Crippen LogP contribution in [-0.2, 0) is 43.0 Å². The maximum Gasteiger partial charge on any atom is 0.500 e. The van der Waals surface area contributed by atoms with Crippen LogP contribution in [0.5, 0.6) is 0 Å². The van der Waals surface area contributed by atoms with Crippen LogP contribution in [-0.4, -0.2) is 121 Å². The summed E-state index contributed by atoms with van der Waals surface area (Å²) in [7, 11) is -7.73. The zero-order valence-electron chi connectivity index (χ0n) is 36.5. The molecule has 0 aromatic heterocycles. The van der Waals surface area contributed by atoms with E-state index in [1.54, 1.807) is 42.7 Å². The lowest BCUT2D eigenvalue weighted by Crippen LogP contribution is -2.52. The van der Waals surface area contributed by atoms with Gasteiger partial charge >= 0.3 is 34.7 Å². The highest BCUT2D eigenvalue weighted by Crippen LogP contribution is 2.32. The summed E-state index contributed by atoms with van der Waals surface area (Å²) < 4.78 is 61.0. The first-order valence-electron chi connectivity index (χ1n) is 18.9. The molecule has 1 N–H and O–H groups in total. The molecular formula is C32H82O11Si8. The molecule has 0 atom stereocenters. The number of hydrogen-bond acceptors (Lipinski definition) is 11. The summed E-state index contributed by atoms with van der Waals surface area (Å²) in [5, 5.41) is 11.3. The molecule has 0 spiro atoms. The van der Waals surface area contributed by atoms with Crippen molar-refractivity contribution >= 4 is 68.0 Å². The largest absolute Gasteiger partial charge is 0.500 e. The summed E-state index contributed by atoms with van der Waals surface area (Å²) >= 11 is 0. The Hall–Kier alpha value is 1.30. The molecule has 0 fully saturated rings. The fraction of sp³-hybridized carbons (Fsp3) is 1.00. The molecule has 0 unspecified atom stereocenters. The van der Waals surface area contributed by atoms with Gasteiger partial charge in [0.25, 0.3) is 0 Å². The van der Waals surface area contributed by atoms with Crippen LogP contribution < -0.4 is 0 Å². The Morgan fingerprint density at radius 2 is 0.588 bits per heavy atom. The molecule has 0 aliphatic rings. The first-order valence-corrected chi connectivity index (χ1v) is 40.8. The van der Waals surface area contributed by atoms with E-state index in [9.17, 15) is 5.11 Å². The quantitative estimate of drug-likeness (QED) is 0.0698. The predicted octanol–water partition coefficient (Wildman–Crippen LogP) is 9.12. The van der Waals surface area contributed by atoms with Crippen LogP contribution in [0.2, 0.25) is 115 Å². The van der Waals surface area contributed by atoms with E-state index < -0.39 is 73.6 Å². The normalized spacial score (nSPS) is 14.8. The standard InChI is InChI=1S/C32H82O11Si8/c1-32(33,24-20-26-44(8,9)40-48(16,17)42-46(12,13)28-22-30-50(34-2,35-3)36-4)25-21-27-45(10,11)41-49(18,19)43-47(14,15)29-23-31-51(37-5,38-6)39-7/h33H,20-31H2,1-19H3. The second-order valence-corrected chi connectivity index (χ2v) is 48.9. The Balaban J connectivity index is 4.87. The molecule has 0 saturated carbocycles. The summed E-state index contributed by atoms with van der Waals surface area (Å²) in [6, 6.07) is 5.57. The average molecular weight is 868 g/mol. The van der Waals surface area contributed by atoms with Crippen molar-refractivity contribution in [3.05, 3.63) is 0 Å². The van der Waals surface area contributed by atoms with Gasteiger partial charge in [-0.15, -0.1) is 0 Å². The van der Waals surface area contributed by atoms with Crippen molar-refractivity contribution in [2.24, 2.45) is 0 Å². The van der Waals surface area contributed by atoms with Crippen molar-refractivity contribution in [3.63, 3.8) is 0 Å². The maximum atomic E-state index is 11.3. The van der Waals surface area contributed by atoms with E-state index in [1.165, 1.54) is 0 Å². The Morgan fingerprint density at radius 3 is 0.804 bits per heavy atom. The van der Waals surface area contributed by atoms with Crippen LogP contribution in [0.3, 0.4) is 0 Å². The zero-order chi connectivity index (χ0) is 40.1. The molecule has 0 radical (unpaired) electrons. The molecule has 0 saturated heterocycles. The van der Waals surface area contributed by atoms with Gasteiger partial charge in [0.1, 0.15) is 0 Å². The minimum atomic E-state index is -2.57. The van der Waals surface area contributed by atoms with E-state index in [2.05, 4.69) is 78.6 Å². The Kier molecular flexibility index (Phi) is 22.3. The van der Waals surface area contributed by atoms with Crippen molar-refractivity contribution in [1.29, 1.82) is 0 Å². The van der Waals surface area contributed by atoms with Gasteiger partial charge in [-0.05, 0) is 135 Å². The topological polar surface area (TPSA) is 113 Å². The third-order valence-corrected chi connectivity index (χ3v) is 38.1. The van der Waals surface area contributed by atoms with Crippen LogP contribution in [0.15, 0.2) is 0 Å². The molecule has 0 amide bonds. The zero-order valence-corrected chi connectivity index (χ0v) is 44.5. The first kappa shape index (κ1) is 52.3. The molecule has 51 heavy (non-hydrogen) atoms.